The van der Waals surface area contributed by atoms with E-state index in [-0.39, 0.29) is 23.5 Å². The van der Waals surface area contributed by atoms with E-state index in [4.69, 9.17) is 4.74 Å². The van der Waals surface area contributed by atoms with Gasteiger partial charge in [-0.2, -0.15) is 0 Å². The Morgan fingerprint density at radius 2 is 1.55 bits per heavy atom. The number of nitrogens with one attached hydrogen (secondary N) is 2. The molecule has 8 rings (SSSR count). The van der Waals surface area contributed by atoms with E-state index in [1.165, 1.54) is 50.2 Å². The molecule has 0 atom stereocenters. The number of hydrogen-bond acceptors (Lipinski definition) is 5. The van der Waals surface area contributed by atoms with Gasteiger partial charge in [-0.1, -0.05) is 48.0 Å². The number of hydrogen-bond donors (Lipinski definition) is 2. The molecule has 0 unspecified atom stereocenters. The zero-order chi connectivity index (χ0) is 30.4. The lowest BCUT2D eigenvalue weighted by Gasteiger charge is -2.57. The van der Waals surface area contributed by atoms with E-state index >= 15 is 0 Å². The summed E-state index contributed by atoms with van der Waals surface area (Å²) in [5, 5.41) is 5.09. The molecule has 8 heteroatoms. The predicted octanol–water partition coefficient (Wildman–Crippen LogP) is 6.15. The minimum Gasteiger partial charge on any atom is -0.483 e. The number of para-hydroxylation sites is 1. The molecule has 0 spiro atoms. The number of benzene rings is 3. The van der Waals surface area contributed by atoms with Gasteiger partial charge in [0.15, 0.2) is 6.61 Å². The zero-order valence-electron chi connectivity index (χ0n) is 24.7. The minimum absolute atomic E-state index is 0.198. The topological polar surface area (TPSA) is 105 Å². The van der Waals surface area contributed by atoms with Gasteiger partial charge in [0.25, 0.3) is 17.7 Å². The summed E-state index contributed by atoms with van der Waals surface area (Å²) in [5.41, 5.74) is 3.86. The van der Waals surface area contributed by atoms with Crippen molar-refractivity contribution >= 4 is 41.2 Å². The summed E-state index contributed by atoms with van der Waals surface area (Å²) >= 11 is 0. The van der Waals surface area contributed by atoms with Gasteiger partial charge < -0.3 is 10.1 Å². The number of anilines is 2. The second kappa shape index (κ2) is 11.1. The lowest BCUT2D eigenvalue weighted by Crippen LogP contribution is -2.54. The van der Waals surface area contributed by atoms with E-state index in [0.717, 1.165) is 28.2 Å². The van der Waals surface area contributed by atoms with Crippen molar-refractivity contribution in [2.24, 2.45) is 17.8 Å². The Morgan fingerprint density at radius 1 is 0.909 bits per heavy atom. The molecule has 5 amide bonds. The van der Waals surface area contributed by atoms with Gasteiger partial charge in [-0.15, -0.1) is 0 Å². The van der Waals surface area contributed by atoms with Crippen LogP contribution in [0.25, 0.3) is 6.08 Å². The van der Waals surface area contributed by atoms with E-state index in [1.807, 2.05) is 43.3 Å². The van der Waals surface area contributed by atoms with Crippen LogP contribution in [0.2, 0.25) is 0 Å². The van der Waals surface area contributed by atoms with Crippen LogP contribution in [0.4, 0.5) is 16.2 Å². The van der Waals surface area contributed by atoms with Crippen LogP contribution in [0.5, 0.6) is 5.75 Å². The quantitative estimate of drug-likeness (QED) is 0.254. The Kier molecular flexibility index (Phi) is 7.07. The molecular formula is C36H35N3O5. The average molecular weight is 590 g/mol. The Bertz CT molecular complexity index is 1640. The van der Waals surface area contributed by atoms with E-state index < -0.39 is 17.8 Å². The maximum atomic E-state index is 13.6. The number of aryl methyl sites for hydroxylation is 1. The summed E-state index contributed by atoms with van der Waals surface area (Å²) in [7, 11) is 0. The van der Waals surface area contributed by atoms with Crippen LogP contribution < -0.4 is 20.3 Å². The Balaban J connectivity index is 1.08. The second-order valence-electron chi connectivity index (χ2n) is 12.9. The fraction of sp³-hybridized carbons (Fsp3) is 0.333. The average Bonchev–Trinajstić information content (AvgIpc) is 2.99. The highest BCUT2D eigenvalue weighted by atomic mass is 16.5. The van der Waals surface area contributed by atoms with Crippen LogP contribution in [0.3, 0.4) is 0 Å². The van der Waals surface area contributed by atoms with Crippen molar-refractivity contribution in [3.8, 4) is 5.75 Å². The largest absolute Gasteiger partial charge is 0.483 e. The molecule has 4 aliphatic carbocycles. The number of amides is 5. The van der Waals surface area contributed by atoms with Crippen LogP contribution in [0.15, 0.2) is 78.4 Å². The third-order valence-electron chi connectivity index (χ3n) is 9.79. The summed E-state index contributed by atoms with van der Waals surface area (Å²) in [6.45, 7) is 1.70. The van der Waals surface area contributed by atoms with Gasteiger partial charge in [0.2, 0.25) is 0 Å². The molecule has 0 aromatic heterocycles. The first-order valence-corrected chi connectivity index (χ1v) is 15.4. The van der Waals surface area contributed by atoms with Gasteiger partial charge in [0.05, 0.1) is 5.69 Å². The van der Waals surface area contributed by atoms with Crippen LogP contribution in [0, 0.1) is 24.7 Å². The van der Waals surface area contributed by atoms with Gasteiger partial charge in [-0.05, 0) is 111 Å². The van der Waals surface area contributed by atoms with E-state index in [2.05, 4.69) is 22.8 Å². The number of carbonyl (C=O) groups is 4. The van der Waals surface area contributed by atoms with Crippen molar-refractivity contribution in [1.82, 2.24) is 5.32 Å². The number of imide groups is 2. The molecule has 4 bridgehead atoms. The summed E-state index contributed by atoms with van der Waals surface area (Å²) in [5.74, 6) is 0.900. The number of urea groups is 1. The molecule has 1 saturated heterocycles. The Morgan fingerprint density at radius 3 is 2.20 bits per heavy atom. The third-order valence-corrected chi connectivity index (χ3v) is 9.79. The van der Waals surface area contributed by atoms with Crippen LogP contribution in [-0.4, -0.2) is 30.4 Å². The molecule has 224 valence electrons. The standard InChI is InChI=1S/C36H35N3O5/c1-22-6-10-28(11-7-22)37-32(40)21-44-31-5-3-2-4-26(31)17-30-33(41)38-35(43)39(34(30)42)29-12-8-27(9-13-29)36-18-23-14-24(19-36)16-25(15-23)20-36/h2-13,17,23-25H,14-16,18-21H2,1H3,(H,37,40)(H,38,41,43)/b30-17+. The molecule has 1 heterocycles. The SMILES string of the molecule is Cc1ccc(NC(=O)COc2ccccc2/C=C2\C(=O)NC(=O)N(c3ccc(C45CC6CC(CC(C6)C4)C5)cc3)C2=O)cc1. The fourth-order valence-corrected chi connectivity index (χ4v) is 8.18. The first kappa shape index (κ1) is 28.1. The molecule has 8 nitrogen and oxygen atoms in total. The van der Waals surface area contributed by atoms with E-state index in [9.17, 15) is 19.2 Å². The molecule has 3 aromatic carbocycles. The van der Waals surface area contributed by atoms with E-state index in [1.54, 1.807) is 24.3 Å². The van der Waals surface area contributed by atoms with Crippen molar-refractivity contribution in [2.45, 2.75) is 50.9 Å². The van der Waals surface area contributed by atoms with Crippen molar-refractivity contribution < 1.29 is 23.9 Å². The van der Waals surface area contributed by atoms with Gasteiger partial charge in [-0.3, -0.25) is 19.7 Å². The van der Waals surface area contributed by atoms with Gasteiger partial charge >= 0.3 is 6.03 Å². The molecule has 1 aliphatic heterocycles. The predicted molar refractivity (Wildman–Crippen MR) is 167 cm³/mol. The van der Waals surface area contributed by atoms with Crippen molar-refractivity contribution in [3.63, 3.8) is 0 Å². The van der Waals surface area contributed by atoms with E-state index in [0.29, 0.717) is 22.7 Å². The minimum atomic E-state index is -0.784. The molecule has 3 aromatic rings. The van der Waals surface area contributed by atoms with Crippen molar-refractivity contribution in [1.29, 1.82) is 0 Å². The maximum Gasteiger partial charge on any atom is 0.335 e. The van der Waals surface area contributed by atoms with Crippen molar-refractivity contribution in [3.05, 3.63) is 95.1 Å². The number of barbiturate groups is 1. The monoisotopic (exact) mass is 589 g/mol. The highest BCUT2D eigenvalue weighted by Crippen LogP contribution is 2.60. The summed E-state index contributed by atoms with van der Waals surface area (Å²) in [6.07, 6.45) is 9.13. The molecule has 44 heavy (non-hydrogen) atoms. The lowest BCUT2D eigenvalue weighted by molar-refractivity contribution is -0.122. The normalized spacial score (nSPS) is 26.6. The molecular weight excluding hydrogens is 554 g/mol. The molecule has 5 aliphatic rings. The van der Waals surface area contributed by atoms with Gasteiger partial charge in [-0.25, -0.2) is 9.69 Å². The highest BCUT2D eigenvalue weighted by Gasteiger charge is 2.51. The van der Waals surface area contributed by atoms with Gasteiger partial charge in [0, 0.05) is 11.3 Å². The summed E-state index contributed by atoms with van der Waals surface area (Å²) in [4.78, 5) is 52.9. The lowest BCUT2D eigenvalue weighted by atomic mass is 9.48. The molecule has 0 radical (unpaired) electrons. The van der Waals surface area contributed by atoms with Gasteiger partial charge in [0.1, 0.15) is 11.3 Å². The first-order valence-electron chi connectivity index (χ1n) is 15.4. The second-order valence-corrected chi connectivity index (χ2v) is 12.9. The zero-order valence-corrected chi connectivity index (χ0v) is 24.7. The number of ether oxygens (including phenoxy) is 1. The number of carbonyl (C=O) groups excluding carboxylic acids is 4. The summed E-state index contributed by atoms with van der Waals surface area (Å²) < 4.78 is 5.77. The molecule has 5 fully saturated rings. The maximum absolute atomic E-state index is 13.6. The van der Waals surface area contributed by atoms with Crippen LogP contribution in [-0.2, 0) is 19.8 Å². The molecule has 2 N–H and O–H groups in total. The fourth-order valence-electron chi connectivity index (χ4n) is 8.18. The molecule has 4 saturated carbocycles. The first-order chi connectivity index (χ1) is 21.3. The Labute approximate surface area is 256 Å². The van der Waals surface area contributed by atoms with Crippen LogP contribution >= 0.6 is 0 Å². The highest BCUT2D eigenvalue weighted by molar-refractivity contribution is 6.39. The smallest absolute Gasteiger partial charge is 0.335 e. The van der Waals surface area contributed by atoms with Crippen molar-refractivity contribution in [2.75, 3.05) is 16.8 Å². The number of rotatable bonds is 7. The third kappa shape index (κ3) is 5.29. The Hall–Kier alpha value is -4.72. The van der Waals surface area contributed by atoms with Crippen LogP contribution in [0.1, 0.15) is 55.2 Å². The number of nitrogens with zero attached hydrogens (tertiary/aromatic N) is 1. The summed E-state index contributed by atoms with van der Waals surface area (Å²) in [6, 6.07) is 21.2.